The zero-order valence-electron chi connectivity index (χ0n) is 14.9. The molecule has 3 rings (SSSR count). The molecule has 0 N–H and O–H groups in total. The molecular formula is C18H17F3N4O2. The minimum absolute atomic E-state index is 0.181. The molecule has 0 saturated carbocycles. The largest absolute Gasteiger partial charge is 0.347 e. The maximum Gasteiger partial charge on any atom is 0.330 e. The Morgan fingerprint density at radius 1 is 1.22 bits per heavy atom. The second-order valence-electron chi connectivity index (χ2n) is 6.32. The number of benzene rings is 1. The third-order valence-electron chi connectivity index (χ3n) is 4.33. The summed E-state index contributed by atoms with van der Waals surface area (Å²) in [6.07, 6.45) is -1.53. The van der Waals surface area contributed by atoms with Gasteiger partial charge >= 0.3 is 5.69 Å². The van der Waals surface area contributed by atoms with Crippen molar-refractivity contribution in [3.63, 3.8) is 0 Å². The van der Waals surface area contributed by atoms with Crippen LogP contribution in [0, 0.1) is 5.82 Å². The van der Waals surface area contributed by atoms with E-state index in [1.807, 2.05) is 0 Å². The molecule has 0 aliphatic heterocycles. The molecule has 9 heteroatoms. The number of fused-ring (bicyclic) bond motifs is 1. The monoisotopic (exact) mass is 378 g/mol. The van der Waals surface area contributed by atoms with Crippen LogP contribution in [0.1, 0.15) is 12.0 Å². The first-order valence-corrected chi connectivity index (χ1v) is 8.04. The van der Waals surface area contributed by atoms with E-state index in [4.69, 9.17) is 0 Å². The Morgan fingerprint density at radius 3 is 2.56 bits per heavy atom. The van der Waals surface area contributed by atoms with Gasteiger partial charge in [-0.05, 0) is 23.8 Å². The standard InChI is InChI=1S/C18H17F3N4O2/c1-23(2)15(26)9-25-14-7-11(8-22-17(14)24(3)18(25)27)10-4-5-13(19)12(6-10)16(20)21/h4-8,16H,9H2,1-3H3. The number of aryl methyl sites for hydroxylation is 1. The van der Waals surface area contributed by atoms with Crippen LogP contribution in [-0.2, 0) is 18.4 Å². The quantitative estimate of drug-likeness (QED) is 0.701. The summed E-state index contributed by atoms with van der Waals surface area (Å²) < 4.78 is 42.1. The molecule has 0 saturated heterocycles. The van der Waals surface area contributed by atoms with Gasteiger partial charge in [-0.15, -0.1) is 0 Å². The Balaban J connectivity index is 2.16. The Bertz CT molecular complexity index is 1090. The Kier molecular flexibility index (Phi) is 4.77. The highest BCUT2D eigenvalue weighted by atomic mass is 19.3. The topological polar surface area (TPSA) is 60.1 Å². The maximum absolute atomic E-state index is 13.5. The number of likely N-dealkylation sites (N-methyl/N-ethyl adjacent to an activating group) is 1. The van der Waals surface area contributed by atoms with Crippen LogP contribution in [-0.4, -0.2) is 39.0 Å². The summed E-state index contributed by atoms with van der Waals surface area (Å²) in [6.45, 7) is -0.181. The zero-order chi connectivity index (χ0) is 19.9. The van der Waals surface area contributed by atoms with Gasteiger partial charge in [0.15, 0.2) is 5.65 Å². The van der Waals surface area contributed by atoms with Crippen LogP contribution in [0.25, 0.3) is 22.3 Å². The van der Waals surface area contributed by atoms with E-state index in [9.17, 15) is 22.8 Å². The lowest BCUT2D eigenvalue weighted by Crippen LogP contribution is -2.31. The van der Waals surface area contributed by atoms with E-state index in [0.29, 0.717) is 22.3 Å². The molecule has 3 aromatic rings. The minimum atomic E-state index is -2.95. The maximum atomic E-state index is 13.5. The second-order valence-corrected chi connectivity index (χ2v) is 6.32. The van der Waals surface area contributed by atoms with Crippen LogP contribution in [0.15, 0.2) is 35.3 Å². The van der Waals surface area contributed by atoms with Crippen molar-refractivity contribution in [2.24, 2.45) is 7.05 Å². The number of nitrogens with zero attached hydrogens (tertiary/aromatic N) is 4. The first-order valence-electron chi connectivity index (χ1n) is 8.04. The van der Waals surface area contributed by atoms with E-state index in [1.165, 1.54) is 33.3 Å². The highest BCUT2D eigenvalue weighted by Gasteiger charge is 2.18. The van der Waals surface area contributed by atoms with E-state index in [2.05, 4.69) is 4.98 Å². The molecule has 2 heterocycles. The lowest BCUT2D eigenvalue weighted by Gasteiger charge is -2.11. The van der Waals surface area contributed by atoms with Crippen LogP contribution in [0.4, 0.5) is 13.2 Å². The van der Waals surface area contributed by atoms with Gasteiger partial charge in [-0.25, -0.2) is 22.9 Å². The third-order valence-corrected chi connectivity index (χ3v) is 4.33. The number of amides is 1. The number of hydrogen-bond acceptors (Lipinski definition) is 3. The van der Waals surface area contributed by atoms with Gasteiger partial charge in [0.05, 0.1) is 11.1 Å². The average molecular weight is 378 g/mol. The minimum Gasteiger partial charge on any atom is -0.347 e. The summed E-state index contributed by atoms with van der Waals surface area (Å²) >= 11 is 0. The molecular weight excluding hydrogens is 361 g/mol. The van der Waals surface area contributed by atoms with Crippen molar-refractivity contribution in [1.29, 1.82) is 0 Å². The molecule has 142 valence electrons. The highest BCUT2D eigenvalue weighted by molar-refractivity contribution is 5.82. The molecule has 0 unspecified atom stereocenters. The van der Waals surface area contributed by atoms with Crippen molar-refractivity contribution in [3.8, 4) is 11.1 Å². The predicted molar refractivity (Wildman–Crippen MR) is 94.0 cm³/mol. The molecule has 0 fully saturated rings. The van der Waals surface area contributed by atoms with E-state index in [0.717, 1.165) is 12.1 Å². The molecule has 0 atom stereocenters. The van der Waals surface area contributed by atoms with Crippen molar-refractivity contribution in [3.05, 3.63) is 52.3 Å². The SMILES string of the molecule is CN(C)C(=O)Cn1c(=O)n(C)c2ncc(-c3ccc(F)c(C(F)F)c3)cc21. The molecule has 0 aliphatic rings. The van der Waals surface area contributed by atoms with Gasteiger partial charge in [-0.1, -0.05) is 6.07 Å². The summed E-state index contributed by atoms with van der Waals surface area (Å²) in [5.74, 6) is -1.27. The molecule has 27 heavy (non-hydrogen) atoms. The summed E-state index contributed by atoms with van der Waals surface area (Å²) in [5, 5.41) is 0. The Labute approximate surface area is 152 Å². The summed E-state index contributed by atoms with van der Waals surface area (Å²) in [6, 6.07) is 4.96. The fourth-order valence-corrected chi connectivity index (χ4v) is 2.76. The summed E-state index contributed by atoms with van der Waals surface area (Å²) in [5.41, 5.74) is 0.381. The second kappa shape index (κ2) is 6.90. The summed E-state index contributed by atoms with van der Waals surface area (Å²) in [4.78, 5) is 30.1. The van der Waals surface area contributed by atoms with E-state index >= 15 is 0 Å². The lowest BCUT2D eigenvalue weighted by atomic mass is 10.0. The molecule has 2 aromatic heterocycles. The van der Waals surface area contributed by atoms with E-state index in [-0.39, 0.29) is 12.5 Å². The van der Waals surface area contributed by atoms with Gasteiger partial charge in [0.1, 0.15) is 12.4 Å². The number of carbonyl (C=O) groups is 1. The van der Waals surface area contributed by atoms with Gasteiger partial charge in [-0.3, -0.25) is 13.9 Å². The zero-order valence-corrected chi connectivity index (χ0v) is 14.9. The van der Waals surface area contributed by atoms with Gasteiger partial charge < -0.3 is 4.90 Å². The number of alkyl halides is 2. The molecule has 0 aliphatic carbocycles. The Morgan fingerprint density at radius 2 is 1.93 bits per heavy atom. The number of halogens is 3. The number of pyridine rings is 1. The van der Waals surface area contributed by atoms with Crippen LogP contribution in [0.3, 0.4) is 0 Å². The third kappa shape index (κ3) is 3.32. The van der Waals surface area contributed by atoms with Gasteiger partial charge in [0, 0.05) is 32.9 Å². The van der Waals surface area contributed by atoms with Gasteiger partial charge in [0.2, 0.25) is 5.91 Å². The van der Waals surface area contributed by atoms with Crippen molar-refractivity contribution < 1.29 is 18.0 Å². The Hall–Kier alpha value is -3.10. The van der Waals surface area contributed by atoms with E-state index in [1.54, 1.807) is 20.2 Å². The molecule has 0 bridgehead atoms. The number of imidazole rings is 1. The van der Waals surface area contributed by atoms with Gasteiger partial charge in [0.25, 0.3) is 6.43 Å². The molecule has 1 amide bonds. The fraction of sp³-hybridized carbons (Fsp3) is 0.278. The van der Waals surface area contributed by atoms with Crippen LogP contribution in [0.5, 0.6) is 0 Å². The number of aromatic nitrogens is 3. The number of rotatable bonds is 4. The van der Waals surface area contributed by atoms with Crippen molar-refractivity contribution in [2.75, 3.05) is 14.1 Å². The van der Waals surface area contributed by atoms with Crippen molar-refractivity contribution in [1.82, 2.24) is 19.0 Å². The number of carbonyl (C=O) groups excluding carboxylic acids is 1. The number of hydrogen-bond donors (Lipinski definition) is 0. The van der Waals surface area contributed by atoms with Crippen LogP contribution >= 0.6 is 0 Å². The molecule has 6 nitrogen and oxygen atoms in total. The average Bonchev–Trinajstić information content (AvgIpc) is 2.86. The molecule has 1 aromatic carbocycles. The lowest BCUT2D eigenvalue weighted by molar-refractivity contribution is -0.129. The van der Waals surface area contributed by atoms with Crippen LogP contribution in [0.2, 0.25) is 0 Å². The van der Waals surface area contributed by atoms with Gasteiger partial charge in [-0.2, -0.15) is 0 Å². The molecule has 0 radical (unpaired) electrons. The first kappa shape index (κ1) is 18.7. The van der Waals surface area contributed by atoms with Crippen molar-refractivity contribution in [2.45, 2.75) is 13.0 Å². The van der Waals surface area contributed by atoms with Crippen molar-refractivity contribution >= 4 is 17.1 Å². The fourth-order valence-electron chi connectivity index (χ4n) is 2.76. The smallest absolute Gasteiger partial charge is 0.330 e. The van der Waals surface area contributed by atoms with Crippen LogP contribution < -0.4 is 5.69 Å². The first-order chi connectivity index (χ1) is 12.7. The normalized spacial score (nSPS) is 11.4. The van der Waals surface area contributed by atoms with E-state index < -0.39 is 23.5 Å². The predicted octanol–water partition coefficient (Wildman–Crippen LogP) is 2.57. The molecule has 0 spiro atoms. The summed E-state index contributed by atoms with van der Waals surface area (Å²) in [7, 11) is 4.68. The highest BCUT2D eigenvalue weighted by Crippen LogP contribution is 2.29.